The Morgan fingerprint density at radius 2 is 2.14 bits per heavy atom. The van der Waals surface area contributed by atoms with Crippen LogP contribution >= 0.6 is 11.3 Å². The van der Waals surface area contributed by atoms with E-state index in [0.29, 0.717) is 18.1 Å². The first-order valence-corrected chi connectivity index (χ1v) is 7.78. The van der Waals surface area contributed by atoms with Gasteiger partial charge in [-0.05, 0) is 29.5 Å². The first-order chi connectivity index (χ1) is 10.7. The first kappa shape index (κ1) is 14.5. The quantitative estimate of drug-likeness (QED) is 0.786. The zero-order valence-corrected chi connectivity index (χ0v) is 12.9. The molecule has 2 heterocycles. The Morgan fingerprint density at radius 1 is 1.27 bits per heavy atom. The number of thiophene rings is 1. The zero-order chi connectivity index (χ0) is 15.4. The van der Waals surface area contributed by atoms with Gasteiger partial charge < -0.3 is 9.84 Å². The molecule has 0 unspecified atom stereocenters. The number of hydrogen-bond donors (Lipinski definition) is 1. The summed E-state index contributed by atoms with van der Waals surface area (Å²) in [6.45, 7) is 2.26. The van der Waals surface area contributed by atoms with E-state index in [1.165, 1.54) is 11.3 Å². The van der Waals surface area contributed by atoms with Gasteiger partial charge in [0, 0.05) is 0 Å². The SMILES string of the molecule is Cc1ccccc1CC(=O)NCc1noc(-c2cccs2)n1. The highest BCUT2D eigenvalue weighted by molar-refractivity contribution is 7.13. The van der Waals surface area contributed by atoms with Gasteiger partial charge in [-0.25, -0.2) is 0 Å². The molecule has 22 heavy (non-hydrogen) atoms. The van der Waals surface area contributed by atoms with Crippen LogP contribution in [0, 0.1) is 6.92 Å². The minimum absolute atomic E-state index is 0.0585. The molecule has 0 fully saturated rings. The maximum Gasteiger partial charge on any atom is 0.268 e. The molecule has 0 bridgehead atoms. The van der Waals surface area contributed by atoms with Crippen LogP contribution in [0.5, 0.6) is 0 Å². The number of nitrogens with one attached hydrogen (secondary N) is 1. The standard InChI is InChI=1S/C16H15N3O2S/c1-11-5-2-3-6-12(11)9-15(20)17-10-14-18-16(21-19-14)13-7-4-8-22-13/h2-8H,9-10H2,1H3,(H,17,20). The number of nitrogens with zero attached hydrogens (tertiary/aromatic N) is 2. The summed E-state index contributed by atoms with van der Waals surface area (Å²) in [5, 5.41) is 8.63. The lowest BCUT2D eigenvalue weighted by Crippen LogP contribution is -2.25. The molecule has 112 valence electrons. The molecule has 0 aliphatic carbocycles. The normalized spacial score (nSPS) is 10.6. The second kappa shape index (κ2) is 6.53. The van der Waals surface area contributed by atoms with Gasteiger partial charge in [-0.3, -0.25) is 4.79 Å². The van der Waals surface area contributed by atoms with E-state index in [0.717, 1.165) is 16.0 Å². The molecule has 1 amide bonds. The van der Waals surface area contributed by atoms with Gasteiger partial charge in [0.05, 0.1) is 17.8 Å². The molecule has 0 saturated carbocycles. The highest BCUT2D eigenvalue weighted by Gasteiger charge is 2.11. The van der Waals surface area contributed by atoms with Crippen molar-refractivity contribution in [2.45, 2.75) is 19.9 Å². The average Bonchev–Trinajstić information content (AvgIpc) is 3.18. The summed E-state index contributed by atoms with van der Waals surface area (Å²) in [5.74, 6) is 0.900. The van der Waals surface area contributed by atoms with Crippen LogP contribution in [0.4, 0.5) is 0 Å². The molecule has 3 aromatic rings. The van der Waals surface area contributed by atoms with E-state index in [2.05, 4.69) is 15.5 Å². The summed E-state index contributed by atoms with van der Waals surface area (Å²) in [6, 6.07) is 11.7. The van der Waals surface area contributed by atoms with E-state index >= 15 is 0 Å². The Balaban J connectivity index is 1.56. The summed E-state index contributed by atoms with van der Waals surface area (Å²) in [5.41, 5.74) is 2.13. The summed E-state index contributed by atoms with van der Waals surface area (Å²) in [6.07, 6.45) is 0.350. The minimum atomic E-state index is -0.0585. The van der Waals surface area contributed by atoms with Gasteiger partial charge >= 0.3 is 0 Å². The van der Waals surface area contributed by atoms with Crippen LogP contribution in [0.25, 0.3) is 10.8 Å². The van der Waals surface area contributed by atoms with Crippen molar-refractivity contribution in [1.29, 1.82) is 0 Å². The molecule has 0 saturated heterocycles. The minimum Gasteiger partial charge on any atom is -0.348 e. The Morgan fingerprint density at radius 3 is 2.91 bits per heavy atom. The van der Waals surface area contributed by atoms with Crippen LogP contribution in [0.3, 0.4) is 0 Å². The zero-order valence-electron chi connectivity index (χ0n) is 12.1. The van der Waals surface area contributed by atoms with Crippen molar-refractivity contribution in [2.24, 2.45) is 0 Å². The number of hydrogen-bond acceptors (Lipinski definition) is 5. The van der Waals surface area contributed by atoms with E-state index in [1.54, 1.807) is 0 Å². The van der Waals surface area contributed by atoms with E-state index in [4.69, 9.17) is 4.52 Å². The summed E-state index contributed by atoms with van der Waals surface area (Å²) < 4.78 is 5.18. The third-order valence-corrected chi connectivity index (χ3v) is 4.11. The summed E-state index contributed by atoms with van der Waals surface area (Å²) in [4.78, 5) is 17.2. The van der Waals surface area contributed by atoms with E-state index in [-0.39, 0.29) is 12.5 Å². The molecule has 2 aromatic heterocycles. The van der Waals surface area contributed by atoms with Crippen molar-refractivity contribution in [3.63, 3.8) is 0 Å². The molecule has 0 aliphatic heterocycles. The fraction of sp³-hybridized carbons (Fsp3) is 0.188. The van der Waals surface area contributed by atoms with Crippen LogP contribution in [-0.4, -0.2) is 16.0 Å². The number of aryl methyl sites for hydroxylation is 1. The predicted octanol–water partition coefficient (Wildman–Crippen LogP) is 2.97. The summed E-state index contributed by atoms with van der Waals surface area (Å²) in [7, 11) is 0. The second-order valence-electron chi connectivity index (χ2n) is 4.87. The highest BCUT2D eigenvalue weighted by atomic mass is 32.1. The number of carbonyl (C=O) groups is 1. The second-order valence-corrected chi connectivity index (χ2v) is 5.82. The van der Waals surface area contributed by atoms with Crippen molar-refractivity contribution in [3.05, 3.63) is 58.7 Å². The Bertz CT molecular complexity index is 765. The first-order valence-electron chi connectivity index (χ1n) is 6.90. The smallest absolute Gasteiger partial charge is 0.268 e. The van der Waals surface area contributed by atoms with Gasteiger partial charge in [0.2, 0.25) is 5.91 Å². The van der Waals surface area contributed by atoms with Crippen molar-refractivity contribution < 1.29 is 9.32 Å². The Kier molecular flexibility index (Phi) is 4.29. The van der Waals surface area contributed by atoms with Crippen molar-refractivity contribution in [1.82, 2.24) is 15.5 Å². The largest absolute Gasteiger partial charge is 0.348 e. The summed E-state index contributed by atoms with van der Waals surface area (Å²) >= 11 is 1.53. The topological polar surface area (TPSA) is 68.0 Å². The lowest BCUT2D eigenvalue weighted by Gasteiger charge is -2.05. The third kappa shape index (κ3) is 3.40. The number of aromatic nitrogens is 2. The van der Waals surface area contributed by atoms with E-state index in [9.17, 15) is 4.79 Å². The molecule has 3 rings (SSSR count). The predicted molar refractivity (Wildman–Crippen MR) is 84.3 cm³/mol. The molecule has 0 spiro atoms. The van der Waals surface area contributed by atoms with Crippen molar-refractivity contribution in [3.8, 4) is 10.8 Å². The molecule has 0 atom stereocenters. The number of carbonyl (C=O) groups excluding carboxylic acids is 1. The molecule has 5 nitrogen and oxygen atoms in total. The van der Waals surface area contributed by atoms with Gasteiger partial charge in [-0.2, -0.15) is 4.98 Å². The average molecular weight is 313 g/mol. The third-order valence-electron chi connectivity index (χ3n) is 3.26. The van der Waals surface area contributed by atoms with E-state index < -0.39 is 0 Å². The Labute approximate surface area is 132 Å². The van der Waals surface area contributed by atoms with Crippen LogP contribution in [0.2, 0.25) is 0 Å². The lowest BCUT2D eigenvalue weighted by atomic mass is 10.1. The van der Waals surface area contributed by atoms with Crippen LogP contribution < -0.4 is 5.32 Å². The molecule has 1 N–H and O–H groups in total. The van der Waals surface area contributed by atoms with Crippen molar-refractivity contribution in [2.75, 3.05) is 0 Å². The van der Waals surface area contributed by atoms with Gasteiger partial charge in [0.1, 0.15) is 0 Å². The molecule has 1 aromatic carbocycles. The fourth-order valence-corrected chi connectivity index (χ4v) is 2.69. The number of amides is 1. The van der Waals surface area contributed by atoms with Gasteiger partial charge in [0.15, 0.2) is 5.82 Å². The number of benzene rings is 1. The molecule has 0 aliphatic rings. The molecular formula is C16H15N3O2S. The number of rotatable bonds is 5. The maximum atomic E-state index is 12.0. The lowest BCUT2D eigenvalue weighted by molar-refractivity contribution is -0.120. The molecular weight excluding hydrogens is 298 g/mol. The van der Waals surface area contributed by atoms with Gasteiger partial charge in [0.25, 0.3) is 5.89 Å². The molecule has 0 radical (unpaired) electrons. The van der Waals surface area contributed by atoms with E-state index in [1.807, 2.05) is 48.7 Å². The van der Waals surface area contributed by atoms with Crippen LogP contribution in [0.15, 0.2) is 46.3 Å². The van der Waals surface area contributed by atoms with Crippen LogP contribution in [-0.2, 0) is 17.8 Å². The highest BCUT2D eigenvalue weighted by Crippen LogP contribution is 2.22. The Hall–Kier alpha value is -2.47. The van der Waals surface area contributed by atoms with Crippen molar-refractivity contribution >= 4 is 17.2 Å². The monoisotopic (exact) mass is 313 g/mol. The molecule has 6 heteroatoms. The van der Waals surface area contributed by atoms with Crippen LogP contribution in [0.1, 0.15) is 17.0 Å². The van der Waals surface area contributed by atoms with Gasteiger partial charge in [-0.1, -0.05) is 35.5 Å². The fourth-order valence-electron chi connectivity index (χ4n) is 2.05. The van der Waals surface area contributed by atoms with Gasteiger partial charge in [-0.15, -0.1) is 11.3 Å². The maximum absolute atomic E-state index is 12.0.